The number of piperidine rings is 1. The molecule has 3 aliphatic heterocycles. The lowest BCUT2D eigenvalue weighted by Crippen LogP contribution is -2.46. The van der Waals surface area contributed by atoms with E-state index in [1.807, 2.05) is 0 Å². The highest BCUT2D eigenvalue weighted by Crippen LogP contribution is 2.34. The fourth-order valence-electron chi connectivity index (χ4n) is 5.34. The third-order valence-corrected chi connectivity index (χ3v) is 7.85. The van der Waals surface area contributed by atoms with Crippen LogP contribution in [0.25, 0.3) is 0 Å². The van der Waals surface area contributed by atoms with Crippen molar-refractivity contribution in [2.45, 2.75) is 58.0 Å². The topological polar surface area (TPSA) is 138 Å². The Labute approximate surface area is 269 Å². The van der Waals surface area contributed by atoms with Crippen LogP contribution >= 0.6 is 12.4 Å². The first-order valence-electron chi connectivity index (χ1n) is 15.3. The summed E-state index contributed by atoms with van der Waals surface area (Å²) in [6, 6.07) is 8.21. The summed E-state index contributed by atoms with van der Waals surface area (Å²) in [6.07, 6.45) is 3.21. The number of nitrogens with one attached hydrogen (secondary N) is 4. The number of rotatable bonds is 3. The molecule has 246 valence electrons. The Hall–Kier alpha value is -3.90. The summed E-state index contributed by atoms with van der Waals surface area (Å²) >= 11 is 0. The van der Waals surface area contributed by atoms with E-state index in [4.69, 9.17) is 9.47 Å². The number of carbonyl (C=O) groups excluding carboxylic acids is 4. The summed E-state index contributed by atoms with van der Waals surface area (Å²) in [5.41, 5.74) is 0.803. The van der Waals surface area contributed by atoms with Gasteiger partial charge in [0.15, 0.2) is 23.1 Å². The van der Waals surface area contributed by atoms with Crippen molar-refractivity contribution in [3.8, 4) is 17.2 Å². The van der Waals surface area contributed by atoms with E-state index >= 15 is 4.39 Å². The van der Waals surface area contributed by atoms with Crippen LogP contribution in [0.1, 0.15) is 61.4 Å². The van der Waals surface area contributed by atoms with Crippen molar-refractivity contribution in [3.05, 3.63) is 53.3 Å². The summed E-state index contributed by atoms with van der Waals surface area (Å²) in [5.74, 6) is -1.34. The third kappa shape index (κ3) is 10.1. The first-order chi connectivity index (χ1) is 21.3. The number of benzene rings is 2. The maximum Gasteiger partial charge on any atom is 0.251 e. The van der Waals surface area contributed by atoms with Crippen molar-refractivity contribution in [1.82, 2.24) is 26.2 Å². The van der Waals surface area contributed by atoms with Crippen LogP contribution < -0.4 is 30.7 Å². The number of nitrogens with zero attached hydrogens (tertiary/aromatic N) is 1. The molecule has 2 aromatic carbocycles. The van der Waals surface area contributed by atoms with Gasteiger partial charge in [0.25, 0.3) is 5.91 Å². The summed E-state index contributed by atoms with van der Waals surface area (Å²) in [4.78, 5) is 53.7. The molecule has 0 spiro atoms. The van der Waals surface area contributed by atoms with Crippen molar-refractivity contribution in [3.63, 3.8) is 0 Å². The summed E-state index contributed by atoms with van der Waals surface area (Å²) in [6.45, 7) is 4.48. The second-order valence-electron chi connectivity index (χ2n) is 11.1. The second kappa shape index (κ2) is 17.6. The number of fused-ring (bicyclic) bond motifs is 16. The van der Waals surface area contributed by atoms with E-state index in [2.05, 4.69) is 21.3 Å². The van der Waals surface area contributed by atoms with E-state index in [9.17, 15) is 19.2 Å². The number of halogens is 2. The molecule has 1 fully saturated rings. The fourth-order valence-corrected chi connectivity index (χ4v) is 5.34. The molecule has 0 aromatic heterocycles. The Morgan fingerprint density at radius 2 is 1.82 bits per heavy atom. The molecule has 4 bridgehead atoms. The smallest absolute Gasteiger partial charge is 0.251 e. The number of carbonyl (C=O) groups is 4. The highest BCUT2D eigenvalue weighted by Gasteiger charge is 2.26. The average molecular weight is 648 g/mol. The van der Waals surface area contributed by atoms with Crippen LogP contribution in [0, 0.1) is 11.7 Å². The van der Waals surface area contributed by atoms with Gasteiger partial charge in [-0.05, 0) is 74.5 Å². The van der Waals surface area contributed by atoms with E-state index in [0.717, 1.165) is 19.4 Å². The molecule has 0 unspecified atom stereocenters. The molecule has 2 aromatic rings. The molecule has 3 heterocycles. The molecule has 3 aliphatic rings. The van der Waals surface area contributed by atoms with Crippen LogP contribution in [0.3, 0.4) is 0 Å². The van der Waals surface area contributed by atoms with E-state index in [0.29, 0.717) is 62.3 Å². The molecular weight excluding hydrogens is 605 g/mol. The van der Waals surface area contributed by atoms with Crippen molar-refractivity contribution < 1.29 is 33.0 Å². The zero-order valence-electron chi connectivity index (χ0n) is 25.8. The van der Waals surface area contributed by atoms with Gasteiger partial charge >= 0.3 is 0 Å². The maximum atomic E-state index is 15.0. The predicted molar refractivity (Wildman–Crippen MR) is 169 cm³/mol. The van der Waals surface area contributed by atoms with Crippen LogP contribution in [0.4, 0.5) is 4.39 Å². The SMILES string of the molecule is CC[C@@H]1NC(=O)CCCN(C(=O)[C@H]2CCCNC2)CCCNC(=O)c2ccc(OC)c(c2)Oc2ccc(cc2F)CNC1=O.Cl. The van der Waals surface area contributed by atoms with Gasteiger partial charge in [0.2, 0.25) is 17.7 Å². The van der Waals surface area contributed by atoms with Crippen molar-refractivity contribution >= 4 is 36.0 Å². The third-order valence-electron chi connectivity index (χ3n) is 7.85. The molecule has 2 atom stereocenters. The van der Waals surface area contributed by atoms with E-state index in [1.165, 1.54) is 25.3 Å². The number of hydrogen-bond donors (Lipinski definition) is 4. The summed E-state index contributed by atoms with van der Waals surface area (Å²) in [7, 11) is 1.45. The molecule has 0 saturated carbocycles. The number of ether oxygens (including phenoxy) is 2. The Bertz CT molecular complexity index is 1340. The second-order valence-corrected chi connectivity index (χ2v) is 11.1. The zero-order valence-corrected chi connectivity index (χ0v) is 26.6. The highest BCUT2D eigenvalue weighted by molar-refractivity contribution is 5.95. The van der Waals surface area contributed by atoms with Gasteiger partial charge in [-0.25, -0.2) is 4.39 Å². The van der Waals surface area contributed by atoms with E-state index in [-0.39, 0.29) is 66.4 Å². The standard InChI is InChI=1S/C32H42FN5O6.ClH/c1-3-25-31(41)36-19-21-9-11-26(24(33)17-21)44-28-18-22(10-12-27(28)43-2)30(40)35-14-6-16-38(15-5-8-29(39)37-25)32(42)23-7-4-13-34-20-23;/h9-12,17-18,23,25,34H,3-8,13-16,19-20H2,1-2H3,(H,35,40)(H,36,41)(H,37,39);1H/t23-,25-;/m0./s1. The van der Waals surface area contributed by atoms with Gasteiger partial charge in [0.1, 0.15) is 6.04 Å². The van der Waals surface area contributed by atoms with E-state index in [1.54, 1.807) is 30.0 Å². The zero-order chi connectivity index (χ0) is 31.5. The van der Waals surface area contributed by atoms with Crippen molar-refractivity contribution in [1.29, 1.82) is 0 Å². The molecule has 45 heavy (non-hydrogen) atoms. The molecule has 0 aliphatic carbocycles. The first kappa shape index (κ1) is 35.6. The maximum absolute atomic E-state index is 15.0. The predicted octanol–water partition coefficient (Wildman–Crippen LogP) is 3.30. The van der Waals surface area contributed by atoms with Gasteiger partial charge in [0.05, 0.1) is 13.0 Å². The molecule has 0 radical (unpaired) electrons. The molecule has 5 rings (SSSR count). The fraction of sp³-hybridized carbons (Fsp3) is 0.500. The Morgan fingerprint density at radius 3 is 2.53 bits per heavy atom. The number of amides is 4. The Balaban J connectivity index is 0.00000552. The molecule has 13 heteroatoms. The van der Waals surface area contributed by atoms with Gasteiger partial charge in [-0.1, -0.05) is 13.0 Å². The summed E-state index contributed by atoms with van der Waals surface area (Å²) in [5, 5.41) is 11.7. The number of methoxy groups -OCH3 is 1. The molecule has 4 N–H and O–H groups in total. The molecule has 4 amide bonds. The van der Waals surface area contributed by atoms with Gasteiger partial charge in [-0.15, -0.1) is 12.4 Å². The minimum absolute atomic E-state index is 0. The van der Waals surface area contributed by atoms with Crippen LogP contribution in [-0.2, 0) is 20.9 Å². The lowest BCUT2D eigenvalue weighted by molar-refractivity contribution is -0.136. The minimum Gasteiger partial charge on any atom is -0.493 e. The first-order valence-corrected chi connectivity index (χ1v) is 15.3. The Morgan fingerprint density at radius 1 is 1.02 bits per heavy atom. The molecular formula is C32H43ClFN5O6. The van der Waals surface area contributed by atoms with Crippen molar-refractivity contribution in [2.75, 3.05) is 39.8 Å². The van der Waals surface area contributed by atoms with Crippen molar-refractivity contribution in [2.24, 2.45) is 5.92 Å². The lowest BCUT2D eigenvalue weighted by Gasteiger charge is -2.30. The molecule has 1 saturated heterocycles. The normalized spacial score (nSPS) is 20.5. The van der Waals surface area contributed by atoms with Gasteiger partial charge < -0.3 is 35.6 Å². The van der Waals surface area contributed by atoms with Gasteiger partial charge in [-0.2, -0.15) is 0 Å². The van der Waals surface area contributed by atoms with E-state index < -0.39 is 11.9 Å². The van der Waals surface area contributed by atoms with Crippen LogP contribution in [0.2, 0.25) is 0 Å². The Kier molecular flexibility index (Phi) is 13.9. The largest absolute Gasteiger partial charge is 0.493 e. The highest BCUT2D eigenvalue weighted by atomic mass is 35.5. The minimum atomic E-state index is -0.744. The monoisotopic (exact) mass is 647 g/mol. The summed E-state index contributed by atoms with van der Waals surface area (Å²) < 4.78 is 26.2. The average Bonchev–Trinajstić information content (AvgIpc) is 3.04. The molecule has 11 nitrogen and oxygen atoms in total. The van der Waals surface area contributed by atoms with Crippen LogP contribution in [0.5, 0.6) is 17.2 Å². The van der Waals surface area contributed by atoms with Crippen LogP contribution in [-0.4, -0.2) is 74.4 Å². The lowest BCUT2D eigenvalue weighted by atomic mass is 9.98. The van der Waals surface area contributed by atoms with Gasteiger partial charge in [0, 0.05) is 44.7 Å². The number of hydrogen-bond acceptors (Lipinski definition) is 7. The van der Waals surface area contributed by atoms with Crippen LogP contribution in [0.15, 0.2) is 36.4 Å². The van der Waals surface area contributed by atoms with Gasteiger partial charge in [-0.3, -0.25) is 19.2 Å². The quantitative estimate of drug-likeness (QED) is 0.401.